The monoisotopic (exact) mass is 263 g/mol. The molecule has 0 atom stereocenters. The Kier molecular flexibility index (Phi) is 4.06. The standard InChI is InChI=1S/C12H13N3S2/c1-2-9-5-3-4-6-10(9)14-11(16)15-12-13-7-8-17-12/h3-8H,2H2,1H3,(H2,13,14,15,16). The van der Waals surface area contributed by atoms with E-state index in [-0.39, 0.29) is 0 Å². The first kappa shape index (κ1) is 12.0. The molecule has 0 amide bonds. The van der Waals surface area contributed by atoms with Crippen LogP contribution in [0, 0.1) is 0 Å². The predicted molar refractivity (Wildman–Crippen MR) is 77.8 cm³/mol. The molecule has 17 heavy (non-hydrogen) atoms. The summed E-state index contributed by atoms with van der Waals surface area (Å²) in [6, 6.07) is 8.14. The first-order valence-corrected chi connectivity index (χ1v) is 6.64. The number of thiocarbonyl (C=S) groups is 1. The molecular weight excluding hydrogens is 250 g/mol. The summed E-state index contributed by atoms with van der Waals surface area (Å²) < 4.78 is 0. The highest BCUT2D eigenvalue weighted by atomic mass is 32.1. The van der Waals surface area contributed by atoms with Crippen molar-refractivity contribution in [3.63, 3.8) is 0 Å². The Morgan fingerprint density at radius 1 is 1.35 bits per heavy atom. The van der Waals surface area contributed by atoms with E-state index in [1.807, 2.05) is 23.6 Å². The van der Waals surface area contributed by atoms with Crippen LogP contribution in [0.5, 0.6) is 0 Å². The highest BCUT2D eigenvalue weighted by Gasteiger charge is 2.03. The van der Waals surface area contributed by atoms with Crippen LogP contribution >= 0.6 is 23.6 Å². The van der Waals surface area contributed by atoms with Gasteiger partial charge in [0.1, 0.15) is 0 Å². The predicted octanol–water partition coefficient (Wildman–Crippen LogP) is 3.51. The van der Waals surface area contributed by atoms with Crippen molar-refractivity contribution < 1.29 is 0 Å². The molecule has 2 aromatic rings. The van der Waals surface area contributed by atoms with Gasteiger partial charge in [0, 0.05) is 17.3 Å². The molecule has 0 aliphatic heterocycles. The molecule has 0 aliphatic carbocycles. The van der Waals surface area contributed by atoms with Crippen molar-refractivity contribution in [1.82, 2.24) is 4.98 Å². The average Bonchev–Trinajstić information content (AvgIpc) is 2.82. The fourth-order valence-corrected chi connectivity index (χ4v) is 2.29. The molecule has 2 N–H and O–H groups in total. The second kappa shape index (κ2) is 5.75. The van der Waals surface area contributed by atoms with Crippen LogP contribution in [-0.2, 0) is 6.42 Å². The minimum Gasteiger partial charge on any atom is -0.332 e. The maximum Gasteiger partial charge on any atom is 0.188 e. The van der Waals surface area contributed by atoms with Crippen molar-refractivity contribution in [1.29, 1.82) is 0 Å². The highest BCUT2D eigenvalue weighted by molar-refractivity contribution is 7.80. The SMILES string of the molecule is CCc1ccccc1NC(=S)Nc1nccs1. The Bertz CT molecular complexity index is 494. The molecule has 0 radical (unpaired) electrons. The highest BCUT2D eigenvalue weighted by Crippen LogP contribution is 2.16. The summed E-state index contributed by atoms with van der Waals surface area (Å²) in [6.45, 7) is 2.12. The van der Waals surface area contributed by atoms with E-state index in [4.69, 9.17) is 12.2 Å². The Balaban J connectivity index is 2.03. The Morgan fingerprint density at radius 2 is 2.18 bits per heavy atom. The van der Waals surface area contributed by atoms with Crippen molar-refractivity contribution in [3.05, 3.63) is 41.4 Å². The quantitative estimate of drug-likeness (QED) is 0.831. The van der Waals surface area contributed by atoms with Gasteiger partial charge < -0.3 is 10.6 Å². The number of anilines is 2. The fraction of sp³-hybridized carbons (Fsp3) is 0.167. The number of hydrogen-bond acceptors (Lipinski definition) is 3. The molecule has 0 unspecified atom stereocenters. The second-order valence-corrected chi connectivity index (χ2v) is 4.73. The van der Waals surface area contributed by atoms with Crippen molar-refractivity contribution in [3.8, 4) is 0 Å². The maximum absolute atomic E-state index is 5.24. The molecule has 3 nitrogen and oxygen atoms in total. The first-order chi connectivity index (χ1) is 8.29. The third kappa shape index (κ3) is 3.25. The summed E-state index contributed by atoms with van der Waals surface area (Å²) in [5, 5.41) is 9.52. The molecular formula is C12H13N3S2. The fourth-order valence-electron chi connectivity index (χ4n) is 1.49. The lowest BCUT2D eigenvalue weighted by molar-refractivity contribution is 1.14. The smallest absolute Gasteiger partial charge is 0.188 e. The van der Waals surface area contributed by atoms with Crippen molar-refractivity contribution in [2.75, 3.05) is 10.6 Å². The number of rotatable bonds is 3. The van der Waals surface area contributed by atoms with Crippen LogP contribution in [0.1, 0.15) is 12.5 Å². The minimum absolute atomic E-state index is 0.570. The number of aromatic nitrogens is 1. The number of aryl methyl sites for hydroxylation is 1. The van der Waals surface area contributed by atoms with Crippen molar-refractivity contribution in [2.24, 2.45) is 0 Å². The van der Waals surface area contributed by atoms with E-state index < -0.39 is 0 Å². The van der Waals surface area contributed by atoms with Crippen LogP contribution in [0.2, 0.25) is 0 Å². The first-order valence-electron chi connectivity index (χ1n) is 5.35. The number of thiazole rings is 1. The van der Waals surface area contributed by atoms with E-state index >= 15 is 0 Å². The Morgan fingerprint density at radius 3 is 2.88 bits per heavy atom. The summed E-state index contributed by atoms with van der Waals surface area (Å²) >= 11 is 6.76. The molecule has 0 fully saturated rings. The van der Waals surface area contributed by atoms with Crippen LogP contribution in [0.25, 0.3) is 0 Å². The Labute approximate surface area is 110 Å². The van der Waals surface area contributed by atoms with Gasteiger partial charge in [-0.25, -0.2) is 4.98 Å². The molecule has 0 spiro atoms. The van der Waals surface area contributed by atoms with Gasteiger partial charge in [0.15, 0.2) is 10.2 Å². The topological polar surface area (TPSA) is 37.0 Å². The van der Waals surface area contributed by atoms with Gasteiger partial charge in [0.2, 0.25) is 0 Å². The van der Waals surface area contributed by atoms with E-state index in [0.29, 0.717) is 5.11 Å². The van der Waals surface area contributed by atoms with E-state index in [1.165, 1.54) is 16.9 Å². The number of benzene rings is 1. The van der Waals surface area contributed by atoms with E-state index in [0.717, 1.165) is 17.2 Å². The van der Waals surface area contributed by atoms with Gasteiger partial charge in [-0.15, -0.1) is 11.3 Å². The minimum atomic E-state index is 0.570. The molecule has 0 aliphatic rings. The largest absolute Gasteiger partial charge is 0.332 e. The third-order valence-electron chi connectivity index (χ3n) is 2.30. The summed E-state index contributed by atoms with van der Waals surface area (Å²) in [6.07, 6.45) is 2.72. The number of nitrogens with zero attached hydrogens (tertiary/aromatic N) is 1. The number of nitrogens with one attached hydrogen (secondary N) is 2. The second-order valence-electron chi connectivity index (χ2n) is 3.43. The molecule has 2 rings (SSSR count). The lowest BCUT2D eigenvalue weighted by Gasteiger charge is -2.11. The van der Waals surface area contributed by atoms with Crippen molar-refractivity contribution in [2.45, 2.75) is 13.3 Å². The third-order valence-corrected chi connectivity index (χ3v) is 3.19. The zero-order valence-electron chi connectivity index (χ0n) is 9.43. The number of para-hydroxylation sites is 1. The summed E-state index contributed by atoms with van der Waals surface area (Å²) in [5.74, 6) is 0. The van der Waals surface area contributed by atoms with E-state index in [1.54, 1.807) is 6.20 Å². The van der Waals surface area contributed by atoms with Crippen LogP contribution < -0.4 is 10.6 Å². The molecule has 0 saturated heterocycles. The van der Waals surface area contributed by atoms with E-state index in [2.05, 4.69) is 28.6 Å². The number of hydrogen-bond donors (Lipinski definition) is 2. The summed E-state index contributed by atoms with van der Waals surface area (Å²) in [5.41, 5.74) is 2.29. The summed E-state index contributed by atoms with van der Waals surface area (Å²) in [4.78, 5) is 4.12. The normalized spacial score (nSPS) is 9.94. The lowest BCUT2D eigenvalue weighted by Crippen LogP contribution is -2.19. The van der Waals surface area contributed by atoms with Gasteiger partial charge >= 0.3 is 0 Å². The molecule has 1 aromatic heterocycles. The van der Waals surface area contributed by atoms with Crippen LogP contribution in [0.3, 0.4) is 0 Å². The van der Waals surface area contributed by atoms with Gasteiger partial charge in [0.25, 0.3) is 0 Å². The van der Waals surface area contributed by atoms with Gasteiger partial charge in [0.05, 0.1) is 0 Å². The molecule has 0 bridgehead atoms. The Hall–Kier alpha value is -1.46. The molecule has 88 valence electrons. The van der Waals surface area contributed by atoms with E-state index in [9.17, 15) is 0 Å². The zero-order valence-corrected chi connectivity index (χ0v) is 11.1. The maximum atomic E-state index is 5.24. The van der Waals surface area contributed by atoms with Crippen LogP contribution in [-0.4, -0.2) is 10.1 Å². The molecule has 1 aromatic carbocycles. The molecule has 1 heterocycles. The lowest BCUT2D eigenvalue weighted by atomic mass is 10.1. The molecule has 5 heteroatoms. The van der Waals surface area contributed by atoms with Gasteiger partial charge in [-0.1, -0.05) is 25.1 Å². The van der Waals surface area contributed by atoms with Gasteiger partial charge in [-0.3, -0.25) is 0 Å². The molecule has 0 saturated carbocycles. The average molecular weight is 263 g/mol. The summed E-state index contributed by atoms with van der Waals surface area (Å²) in [7, 11) is 0. The zero-order chi connectivity index (χ0) is 12.1. The van der Waals surface area contributed by atoms with Crippen LogP contribution in [0.4, 0.5) is 10.8 Å². The van der Waals surface area contributed by atoms with Crippen LogP contribution in [0.15, 0.2) is 35.8 Å². The van der Waals surface area contributed by atoms with Crippen molar-refractivity contribution >= 4 is 39.5 Å². The van der Waals surface area contributed by atoms with Gasteiger partial charge in [-0.2, -0.15) is 0 Å². The van der Waals surface area contributed by atoms with Gasteiger partial charge in [-0.05, 0) is 30.3 Å².